The third kappa shape index (κ3) is 5.13. The van der Waals surface area contributed by atoms with Gasteiger partial charge in [-0.25, -0.2) is 0 Å². The molecule has 38 heavy (non-hydrogen) atoms. The molecule has 208 valence electrons. The molecule has 0 amide bonds. The number of Topliss-reactive ketones (excluding diaryl/α,β-unsaturated/α-hetero) is 1. The van der Waals surface area contributed by atoms with Crippen LogP contribution < -0.4 is 9.47 Å². The second-order valence-electron chi connectivity index (χ2n) is 13.1. The van der Waals surface area contributed by atoms with Crippen molar-refractivity contribution >= 4 is 5.78 Å². The van der Waals surface area contributed by atoms with Crippen LogP contribution in [0.4, 0.5) is 0 Å². The van der Waals surface area contributed by atoms with Crippen molar-refractivity contribution in [3.63, 3.8) is 0 Å². The molecule has 1 aliphatic carbocycles. The molecule has 0 saturated carbocycles. The SMILES string of the molecule is [2H]C(C)(C)Oc1cc2c(cc1OC(C)C)C(=O)C(CC1(C)CCN(C(C)c3ccccc3)C(C)C1(C)C)C2C. The average molecular weight is 521 g/mol. The number of ketones is 1. The molecule has 4 nitrogen and oxygen atoms in total. The summed E-state index contributed by atoms with van der Waals surface area (Å²) in [7, 11) is 0. The Morgan fingerprint density at radius 1 is 1.00 bits per heavy atom. The molecule has 1 fully saturated rings. The van der Waals surface area contributed by atoms with Gasteiger partial charge in [-0.3, -0.25) is 9.69 Å². The van der Waals surface area contributed by atoms with E-state index in [0.29, 0.717) is 23.6 Å². The number of nitrogens with zero attached hydrogens (tertiary/aromatic N) is 1. The number of hydrogen-bond acceptors (Lipinski definition) is 4. The van der Waals surface area contributed by atoms with E-state index in [4.69, 9.17) is 10.8 Å². The van der Waals surface area contributed by atoms with Crippen molar-refractivity contribution in [3.05, 3.63) is 59.2 Å². The lowest BCUT2D eigenvalue weighted by Crippen LogP contribution is -2.58. The maximum atomic E-state index is 14.0. The summed E-state index contributed by atoms with van der Waals surface area (Å²) < 4.78 is 20.3. The number of benzene rings is 2. The summed E-state index contributed by atoms with van der Waals surface area (Å²) in [4.78, 5) is 16.6. The number of carbonyl (C=O) groups is 1. The lowest BCUT2D eigenvalue weighted by Gasteiger charge is -2.58. The summed E-state index contributed by atoms with van der Waals surface area (Å²) in [6, 6.07) is 15.3. The van der Waals surface area contributed by atoms with Crippen LogP contribution in [-0.4, -0.2) is 35.5 Å². The highest BCUT2D eigenvalue weighted by Gasteiger charge is 2.53. The zero-order chi connectivity index (χ0) is 28.9. The maximum Gasteiger partial charge on any atom is 0.166 e. The summed E-state index contributed by atoms with van der Waals surface area (Å²) in [6.07, 6.45) is 0.742. The summed E-state index contributed by atoms with van der Waals surface area (Å²) in [5.74, 6) is 1.31. The molecule has 0 N–H and O–H groups in total. The number of likely N-dealkylation sites (tertiary alicyclic amines) is 1. The van der Waals surface area contributed by atoms with E-state index in [1.807, 2.05) is 26.0 Å². The third-order valence-electron chi connectivity index (χ3n) is 9.96. The van der Waals surface area contributed by atoms with Gasteiger partial charge in [0.2, 0.25) is 0 Å². The summed E-state index contributed by atoms with van der Waals surface area (Å²) >= 11 is 0. The first-order valence-electron chi connectivity index (χ1n) is 14.9. The second-order valence-corrected chi connectivity index (χ2v) is 13.1. The first-order valence-corrected chi connectivity index (χ1v) is 14.4. The van der Waals surface area contributed by atoms with Gasteiger partial charge in [0.25, 0.3) is 0 Å². The zero-order valence-corrected chi connectivity index (χ0v) is 25.2. The van der Waals surface area contributed by atoms with E-state index >= 15 is 0 Å². The van der Waals surface area contributed by atoms with Gasteiger partial charge in [-0.15, -0.1) is 0 Å². The van der Waals surface area contributed by atoms with Crippen LogP contribution in [0.5, 0.6) is 11.5 Å². The van der Waals surface area contributed by atoms with Gasteiger partial charge in [-0.05, 0) is 101 Å². The maximum absolute atomic E-state index is 14.0. The quantitative estimate of drug-likeness (QED) is 0.350. The Labute approximate surface area is 232 Å². The minimum absolute atomic E-state index is 0.00964. The van der Waals surface area contributed by atoms with Crippen LogP contribution in [-0.2, 0) is 0 Å². The summed E-state index contributed by atoms with van der Waals surface area (Å²) in [5.41, 5.74) is 3.15. The monoisotopic (exact) mass is 520 g/mol. The predicted octanol–water partition coefficient (Wildman–Crippen LogP) is 8.46. The van der Waals surface area contributed by atoms with Gasteiger partial charge in [0.1, 0.15) is 0 Å². The Balaban J connectivity index is 1.60. The highest BCUT2D eigenvalue weighted by atomic mass is 16.5. The third-order valence-corrected chi connectivity index (χ3v) is 9.96. The van der Waals surface area contributed by atoms with Crippen molar-refractivity contribution in [2.45, 2.75) is 112 Å². The van der Waals surface area contributed by atoms with Gasteiger partial charge < -0.3 is 9.47 Å². The molecular weight excluding hydrogens is 470 g/mol. The van der Waals surface area contributed by atoms with Crippen molar-refractivity contribution in [1.29, 1.82) is 0 Å². The minimum Gasteiger partial charge on any atom is -0.487 e. The molecule has 1 aliphatic heterocycles. The van der Waals surface area contributed by atoms with Crippen LogP contribution in [0.3, 0.4) is 0 Å². The van der Waals surface area contributed by atoms with Gasteiger partial charge in [0.15, 0.2) is 17.3 Å². The predicted molar refractivity (Wildman–Crippen MR) is 156 cm³/mol. The van der Waals surface area contributed by atoms with Crippen molar-refractivity contribution in [2.75, 3.05) is 6.54 Å². The summed E-state index contributed by atoms with van der Waals surface area (Å²) in [5, 5.41) is 0. The highest BCUT2D eigenvalue weighted by molar-refractivity contribution is 6.03. The molecule has 5 unspecified atom stereocenters. The lowest BCUT2D eigenvalue weighted by molar-refractivity contribution is -0.0884. The normalized spacial score (nSPS) is 28.7. The van der Waals surface area contributed by atoms with E-state index in [1.54, 1.807) is 13.8 Å². The van der Waals surface area contributed by atoms with Crippen LogP contribution in [0.15, 0.2) is 42.5 Å². The van der Waals surface area contributed by atoms with Gasteiger partial charge in [0, 0.05) is 23.6 Å². The molecule has 0 aromatic heterocycles. The molecule has 1 heterocycles. The van der Waals surface area contributed by atoms with Gasteiger partial charge in [0.05, 0.1) is 13.6 Å². The van der Waals surface area contributed by atoms with E-state index in [2.05, 4.69) is 76.8 Å². The molecule has 0 radical (unpaired) electrons. The number of rotatable bonds is 8. The average Bonchev–Trinajstić information content (AvgIpc) is 3.06. The van der Waals surface area contributed by atoms with E-state index in [1.165, 1.54) is 5.56 Å². The number of fused-ring (bicyclic) bond motifs is 1. The molecule has 4 rings (SSSR count). The van der Waals surface area contributed by atoms with E-state index < -0.39 is 6.08 Å². The smallest absolute Gasteiger partial charge is 0.166 e. The number of carbonyl (C=O) groups excluding carboxylic acids is 1. The van der Waals surface area contributed by atoms with Crippen molar-refractivity contribution in [2.24, 2.45) is 16.7 Å². The van der Waals surface area contributed by atoms with Crippen molar-refractivity contribution in [3.8, 4) is 11.5 Å². The Kier molecular flexibility index (Phi) is 7.66. The van der Waals surface area contributed by atoms with Gasteiger partial charge in [-0.1, -0.05) is 58.0 Å². The molecule has 1 saturated heterocycles. The minimum atomic E-state index is -1.10. The van der Waals surface area contributed by atoms with E-state index in [-0.39, 0.29) is 34.6 Å². The molecule has 4 heteroatoms. The Morgan fingerprint density at radius 2 is 1.63 bits per heavy atom. The van der Waals surface area contributed by atoms with Crippen LogP contribution >= 0.6 is 0 Å². The Hall–Kier alpha value is -2.33. The fraction of sp³-hybridized carbons (Fsp3) is 0.618. The first-order chi connectivity index (χ1) is 18.1. The fourth-order valence-electron chi connectivity index (χ4n) is 6.84. The van der Waals surface area contributed by atoms with E-state index in [9.17, 15) is 4.79 Å². The largest absolute Gasteiger partial charge is 0.487 e. The van der Waals surface area contributed by atoms with Crippen LogP contribution in [0.25, 0.3) is 0 Å². The first kappa shape index (κ1) is 27.2. The Morgan fingerprint density at radius 3 is 2.24 bits per heavy atom. The van der Waals surface area contributed by atoms with Crippen LogP contribution in [0, 0.1) is 16.7 Å². The van der Waals surface area contributed by atoms with Crippen molar-refractivity contribution < 1.29 is 15.6 Å². The molecule has 2 aliphatic rings. The van der Waals surface area contributed by atoms with Gasteiger partial charge in [-0.2, -0.15) is 0 Å². The van der Waals surface area contributed by atoms with Gasteiger partial charge >= 0.3 is 0 Å². The number of ether oxygens (including phenoxy) is 2. The molecule has 0 bridgehead atoms. The standard InChI is InChI=1S/C34H49NO3/c1-21(2)37-30-18-27-23(5)29(32(36)28(27)19-31(30)38-22(3)4)20-34(10)16-17-35(25(7)33(34,8)9)24(6)26-14-12-11-13-15-26/h11-15,18-19,21-25,29H,16-17,20H2,1-10H3/i21D. The highest BCUT2D eigenvalue weighted by Crippen LogP contribution is 2.57. The zero-order valence-electron chi connectivity index (χ0n) is 26.2. The molecule has 5 atom stereocenters. The topological polar surface area (TPSA) is 38.8 Å². The fourth-order valence-corrected chi connectivity index (χ4v) is 6.84. The summed E-state index contributed by atoms with van der Waals surface area (Å²) in [6.45, 7) is 22.4. The van der Waals surface area contributed by atoms with Crippen molar-refractivity contribution in [1.82, 2.24) is 4.90 Å². The lowest BCUT2D eigenvalue weighted by atomic mass is 9.55. The van der Waals surface area contributed by atoms with Crippen LogP contribution in [0.1, 0.15) is 117 Å². The van der Waals surface area contributed by atoms with Crippen LogP contribution in [0.2, 0.25) is 0 Å². The van der Waals surface area contributed by atoms with E-state index in [0.717, 1.165) is 30.5 Å². The molecular formula is C34H49NO3. The second kappa shape index (κ2) is 10.7. The molecule has 0 spiro atoms. The molecule has 2 aromatic carbocycles. The molecule has 2 aromatic rings. The number of hydrogen-bond donors (Lipinski definition) is 0. The number of piperidine rings is 1. The Bertz CT molecular complexity index is 1180.